The fraction of sp³-hybridized carbons (Fsp3) is 0.400. The number of fused-ring (bicyclic) bond motifs is 1. The molecule has 0 bridgehead atoms. The number of hydrogen-bond acceptors (Lipinski definition) is 3. The van der Waals surface area contributed by atoms with Crippen LogP contribution in [0.3, 0.4) is 0 Å². The number of H-pyrrole nitrogens is 1. The van der Waals surface area contributed by atoms with E-state index in [9.17, 15) is 22.8 Å². The average molecular weight is 340 g/mol. The summed E-state index contributed by atoms with van der Waals surface area (Å²) in [5, 5.41) is 7.45. The van der Waals surface area contributed by atoms with Crippen LogP contribution in [0.25, 0.3) is 10.9 Å². The highest BCUT2D eigenvalue weighted by Gasteiger charge is 2.52. The van der Waals surface area contributed by atoms with Gasteiger partial charge in [-0.15, -0.1) is 0 Å². The summed E-state index contributed by atoms with van der Waals surface area (Å²) in [6, 6.07) is 5.21. The molecule has 1 aromatic heterocycles. The van der Waals surface area contributed by atoms with Crippen LogP contribution in [0.4, 0.5) is 13.2 Å². The zero-order chi connectivity index (χ0) is 17.5. The fourth-order valence-electron chi connectivity index (χ4n) is 3.02. The Hall–Kier alpha value is -2.58. The highest BCUT2D eigenvalue weighted by atomic mass is 19.4. The maximum absolute atomic E-state index is 13.0. The van der Waals surface area contributed by atoms with Crippen molar-refractivity contribution in [3.63, 3.8) is 0 Å². The lowest BCUT2D eigenvalue weighted by Crippen LogP contribution is -2.37. The van der Waals surface area contributed by atoms with Gasteiger partial charge in [0.1, 0.15) is 0 Å². The first-order valence-corrected chi connectivity index (χ1v) is 7.31. The molecule has 128 valence electrons. The van der Waals surface area contributed by atoms with Crippen molar-refractivity contribution >= 4 is 22.7 Å². The molecule has 3 N–H and O–H groups in total. The second kappa shape index (κ2) is 5.81. The minimum absolute atomic E-state index is 0.0445. The van der Waals surface area contributed by atoms with E-state index in [1.165, 1.54) is 0 Å². The third kappa shape index (κ3) is 3.06. The van der Waals surface area contributed by atoms with Crippen LogP contribution in [0.1, 0.15) is 5.56 Å². The predicted molar refractivity (Wildman–Crippen MR) is 78.6 cm³/mol. The van der Waals surface area contributed by atoms with Crippen LogP contribution in [0.2, 0.25) is 0 Å². The summed E-state index contributed by atoms with van der Waals surface area (Å²) >= 11 is 0. The van der Waals surface area contributed by atoms with Crippen molar-refractivity contribution in [2.24, 2.45) is 17.6 Å². The summed E-state index contributed by atoms with van der Waals surface area (Å²) in [4.78, 5) is 24.7. The number of aromatic amines is 1. The highest BCUT2D eigenvalue weighted by molar-refractivity contribution is 5.84. The zero-order valence-electron chi connectivity index (χ0n) is 12.5. The molecule has 0 aliphatic carbocycles. The topological polar surface area (TPSA) is 92.1 Å². The molecule has 9 heteroatoms. The molecular formula is C15H15F3N4O2. The number of hydrogen-bond donors (Lipinski definition) is 2. The van der Waals surface area contributed by atoms with Gasteiger partial charge in [-0.1, -0.05) is 6.07 Å². The third-order valence-electron chi connectivity index (χ3n) is 4.32. The van der Waals surface area contributed by atoms with Crippen LogP contribution in [-0.4, -0.2) is 46.2 Å². The standard InChI is InChI=1S/C15H15F3N4O2/c16-15(17,18)11-7-22(6-10(11)14(19)24)13(23)4-8-1-2-12-9(3-8)5-20-21-12/h1-3,5,10-11H,4,6-7H2,(H2,19,24)(H,20,21)/t10-,11-/m1/s1. The molecular weight excluding hydrogens is 325 g/mol. The van der Waals surface area contributed by atoms with Gasteiger partial charge in [0.15, 0.2) is 0 Å². The number of nitrogens with zero attached hydrogens (tertiary/aromatic N) is 2. The predicted octanol–water partition coefficient (Wildman–Crippen LogP) is 1.23. The van der Waals surface area contributed by atoms with Gasteiger partial charge in [-0.2, -0.15) is 18.3 Å². The van der Waals surface area contributed by atoms with Crippen LogP contribution < -0.4 is 5.73 Å². The molecule has 1 saturated heterocycles. The number of rotatable bonds is 3. The Labute approximate surface area is 134 Å². The Bertz CT molecular complexity index is 786. The van der Waals surface area contributed by atoms with Gasteiger partial charge in [-0.25, -0.2) is 0 Å². The molecule has 3 rings (SSSR count). The molecule has 2 atom stereocenters. The maximum atomic E-state index is 13.0. The molecule has 1 aromatic carbocycles. The van der Waals surface area contributed by atoms with E-state index in [-0.39, 0.29) is 13.0 Å². The van der Waals surface area contributed by atoms with E-state index in [0.717, 1.165) is 15.8 Å². The number of benzene rings is 1. The normalized spacial score (nSPS) is 21.4. The lowest BCUT2D eigenvalue weighted by molar-refractivity contribution is -0.182. The Balaban J connectivity index is 1.74. The number of nitrogens with two attached hydrogens (primary N) is 1. The molecule has 2 heterocycles. The Morgan fingerprint density at radius 1 is 1.33 bits per heavy atom. The average Bonchev–Trinajstić information content (AvgIpc) is 3.13. The van der Waals surface area contributed by atoms with Gasteiger partial charge in [0.05, 0.1) is 30.0 Å². The minimum Gasteiger partial charge on any atom is -0.369 e. The van der Waals surface area contributed by atoms with Crippen molar-refractivity contribution in [1.82, 2.24) is 15.1 Å². The van der Waals surface area contributed by atoms with E-state index in [2.05, 4.69) is 10.2 Å². The number of halogens is 3. The van der Waals surface area contributed by atoms with E-state index in [0.29, 0.717) is 5.56 Å². The molecule has 2 amide bonds. The molecule has 1 aliphatic rings. The lowest BCUT2D eigenvalue weighted by Gasteiger charge is -2.18. The first-order chi connectivity index (χ1) is 11.3. The molecule has 0 spiro atoms. The highest BCUT2D eigenvalue weighted by Crippen LogP contribution is 2.37. The molecule has 0 saturated carbocycles. The van der Waals surface area contributed by atoms with E-state index >= 15 is 0 Å². The van der Waals surface area contributed by atoms with E-state index in [4.69, 9.17) is 5.73 Å². The quantitative estimate of drug-likeness (QED) is 0.880. The molecule has 24 heavy (non-hydrogen) atoms. The van der Waals surface area contributed by atoms with Crippen molar-refractivity contribution in [2.45, 2.75) is 12.6 Å². The number of primary amides is 1. The number of alkyl halides is 3. The minimum atomic E-state index is -4.57. The molecule has 0 radical (unpaired) electrons. The number of carbonyl (C=O) groups is 2. The zero-order valence-corrected chi connectivity index (χ0v) is 12.5. The summed E-state index contributed by atoms with van der Waals surface area (Å²) in [6.07, 6.45) is -3.01. The van der Waals surface area contributed by atoms with Gasteiger partial charge >= 0.3 is 6.18 Å². The molecule has 2 aromatic rings. The molecule has 0 unspecified atom stereocenters. The van der Waals surface area contributed by atoms with Crippen molar-refractivity contribution < 1.29 is 22.8 Å². The van der Waals surface area contributed by atoms with Crippen LogP contribution >= 0.6 is 0 Å². The van der Waals surface area contributed by atoms with Crippen molar-refractivity contribution in [1.29, 1.82) is 0 Å². The first-order valence-electron chi connectivity index (χ1n) is 7.31. The van der Waals surface area contributed by atoms with Crippen molar-refractivity contribution in [3.8, 4) is 0 Å². The Morgan fingerprint density at radius 3 is 2.71 bits per heavy atom. The summed E-state index contributed by atoms with van der Waals surface area (Å²) in [7, 11) is 0. The van der Waals surface area contributed by atoms with Crippen LogP contribution in [-0.2, 0) is 16.0 Å². The number of amides is 2. The van der Waals surface area contributed by atoms with Gasteiger partial charge in [0, 0.05) is 18.5 Å². The largest absolute Gasteiger partial charge is 0.394 e. The smallest absolute Gasteiger partial charge is 0.369 e. The second-order valence-electron chi connectivity index (χ2n) is 5.92. The fourth-order valence-corrected chi connectivity index (χ4v) is 3.02. The van der Waals surface area contributed by atoms with Crippen LogP contribution in [0.15, 0.2) is 24.4 Å². The number of likely N-dealkylation sites (tertiary alicyclic amines) is 1. The summed E-state index contributed by atoms with van der Waals surface area (Å²) in [5.41, 5.74) is 6.53. The molecule has 6 nitrogen and oxygen atoms in total. The van der Waals surface area contributed by atoms with Crippen LogP contribution in [0.5, 0.6) is 0 Å². The third-order valence-corrected chi connectivity index (χ3v) is 4.32. The molecule has 1 fully saturated rings. The van der Waals surface area contributed by atoms with Gasteiger partial charge in [0.25, 0.3) is 0 Å². The Morgan fingerprint density at radius 2 is 2.08 bits per heavy atom. The maximum Gasteiger partial charge on any atom is 0.394 e. The van der Waals surface area contributed by atoms with Gasteiger partial charge in [-0.3, -0.25) is 14.7 Å². The van der Waals surface area contributed by atoms with E-state index in [1.54, 1.807) is 24.4 Å². The number of carbonyl (C=O) groups excluding carboxylic acids is 2. The number of nitrogens with one attached hydrogen (secondary N) is 1. The summed E-state index contributed by atoms with van der Waals surface area (Å²) < 4.78 is 39.1. The second-order valence-corrected chi connectivity index (χ2v) is 5.92. The first kappa shape index (κ1) is 16.3. The Kier molecular flexibility index (Phi) is 3.94. The van der Waals surface area contributed by atoms with Crippen molar-refractivity contribution in [3.05, 3.63) is 30.0 Å². The molecule has 1 aliphatic heterocycles. The SMILES string of the molecule is NC(=O)[C@@H]1CN(C(=O)Cc2ccc3[nH]ncc3c2)C[C@H]1C(F)(F)F. The summed E-state index contributed by atoms with van der Waals surface area (Å²) in [6.45, 7) is -0.837. The number of aromatic nitrogens is 2. The lowest BCUT2D eigenvalue weighted by atomic mass is 9.95. The van der Waals surface area contributed by atoms with E-state index < -0.39 is 36.4 Å². The van der Waals surface area contributed by atoms with Crippen LogP contribution in [0, 0.1) is 11.8 Å². The summed E-state index contributed by atoms with van der Waals surface area (Å²) in [5.74, 6) is -4.80. The monoisotopic (exact) mass is 340 g/mol. The van der Waals surface area contributed by atoms with Crippen molar-refractivity contribution in [2.75, 3.05) is 13.1 Å². The van der Waals surface area contributed by atoms with Gasteiger partial charge in [-0.05, 0) is 17.7 Å². The van der Waals surface area contributed by atoms with E-state index in [1.807, 2.05) is 0 Å². The van der Waals surface area contributed by atoms with Gasteiger partial charge in [0.2, 0.25) is 11.8 Å². The van der Waals surface area contributed by atoms with Gasteiger partial charge < -0.3 is 10.6 Å².